The maximum atomic E-state index is 9.66. The Morgan fingerprint density at radius 2 is 2.13 bits per heavy atom. The first kappa shape index (κ1) is 12.9. The van der Waals surface area contributed by atoms with E-state index in [0.717, 1.165) is 5.92 Å². The molecule has 0 aromatic rings. The molecule has 1 saturated carbocycles. The molecule has 1 rings (SSSR count). The van der Waals surface area contributed by atoms with Crippen LogP contribution in [0, 0.1) is 5.92 Å². The molecular weight excluding hydrogens is 190 g/mol. The third kappa shape index (κ3) is 5.50. The molecule has 3 heteroatoms. The number of nitrogens with one attached hydrogen (secondary N) is 1. The van der Waals surface area contributed by atoms with Crippen molar-refractivity contribution in [1.82, 2.24) is 5.32 Å². The summed E-state index contributed by atoms with van der Waals surface area (Å²) in [5.41, 5.74) is -0.160. The lowest BCUT2D eigenvalue weighted by molar-refractivity contribution is -0.0479. The van der Waals surface area contributed by atoms with Gasteiger partial charge in [0.2, 0.25) is 0 Å². The molecule has 3 unspecified atom stereocenters. The summed E-state index contributed by atoms with van der Waals surface area (Å²) < 4.78 is 5.51. The normalized spacial score (nSPS) is 27.8. The van der Waals surface area contributed by atoms with Crippen molar-refractivity contribution in [2.45, 2.75) is 58.3 Å². The zero-order valence-electron chi connectivity index (χ0n) is 10.4. The van der Waals surface area contributed by atoms with E-state index in [2.05, 4.69) is 12.2 Å². The van der Waals surface area contributed by atoms with Crippen LogP contribution in [0.3, 0.4) is 0 Å². The molecule has 15 heavy (non-hydrogen) atoms. The monoisotopic (exact) mass is 215 g/mol. The quantitative estimate of drug-likeness (QED) is 0.706. The zero-order valence-corrected chi connectivity index (χ0v) is 10.4. The van der Waals surface area contributed by atoms with E-state index in [1.165, 1.54) is 12.8 Å². The molecule has 3 nitrogen and oxygen atoms in total. The highest BCUT2D eigenvalue weighted by atomic mass is 16.5. The Morgan fingerprint density at radius 1 is 1.47 bits per heavy atom. The Kier molecular flexibility index (Phi) is 4.56. The molecule has 0 aliphatic heterocycles. The lowest BCUT2D eigenvalue weighted by Crippen LogP contribution is -2.35. The fraction of sp³-hybridized carbons (Fsp3) is 1.00. The van der Waals surface area contributed by atoms with Crippen molar-refractivity contribution in [3.8, 4) is 0 Å². The van der Waals surface area contributed by atoms with Crippen molar-refractivity contribution in [1.29, 1.82) is 0 Å². The van der Waals surface area contributed by atoms with Crippen molar-refractivity contribution in [2.24, 2.45) is 5.92 Å². The lowest BCUT2D eigenvalue weighted by atomic mass is 10.2. The number of aliphatic hydroxyl groups is 1. The molecule has 0 amide bonds. The van der Waals surface area contributed by atoms with Gasteiger partial charge in [-0.05, 0) is 33.1 Å². The van der Waals surface area contributed by atoms with E-state index in [1.807, 2.05) is 20.8 Å². The van der Waals surface area contributed by atoms with E-state index in [0.29, 0.717) is 19.2 Å². The van der Waals surface area contributed by atoms with Crippen LogP contribution < -0.4 is 5.32 Å². The van der Waals surface area contributed by atoms with Gasteiger partial charge in [0.15, 0.2) is 0 Å². The number of hydrogen-bond acceptors (Lipinski definition) is 3. The van der Waals surface area contributed by atoms with Crippen LogP contribution >= 0.6 is 0 Å². The fourth-order valence-electron chi connectivity index (χ4n) is 1.64. The molecule has 1 aliphatic carbocycles. The van der Waals surface area contributed by atoms with Gasteiger partial charge in [-0.2, -0.15) is 0 Å². The van der Waals surface area contributed by atoms with E-state index < -0.39 is 0 Å². The standard InChI is InChI=1S/C12H25NO2/c1-5-9-6-11(9)13-7-10(14)8-15-12(2,3)4/h9-11,13-14H,5-8H2,1-4H3. The molecule has 0 aromatic heterocycles. The first-order valence-electron chi connectivity index (χ1n) is 5.97. The molecule has 90 valence electrons. The fourth-order valence-corrected chi connectivity index (χ4v) is 1.64. The van der Waals surface area contributed by atoms with Crippen LogP contribution in [0.15, 0.2) is 0 Å². The summed E-state index contributed by atoms with van der Waals surface area (Å²) in [4.78, 5) is 0. The van der Waals surface area contributed by atoms with E-state index in [9.17, 15) is 5.11 Å². The van der Waals surface area contributed by atoms with E-state index in [-0.39, 0.29) is 11.7 Å². The van der Waals surface area contributed by atoms with Gasteiger partial charge in [0, 0.05) is 12.6 Å². The Labute approximate surface area is 93.2 Å². The minimum Gasteiger partial charge on any atom is -0.389 e. The predicted molar refractivity (Wildman–Crippen MR) is 61.9 cm³/mol. The minimum absolute atomic E-state index is 0.160. The Morgan fingerprint density at radius 3 is 2.60 bits per heavy atom. The van der Waals surface area contributed by atoms with E-state index in [4.69, 9.17) is 4.74 Å². The molecule has 0 spiro atoms. The second kappa shape index (κ2) is 5.28. The van der Waals surface area contributed by atoms with Gasteiger partial charge < -0.3 is 15.2 Å². The van der Waals surface area contributed by atoms with Crippen LogP contribution in [0.2, 0.25) is 0 Å². The van der Waals surface area contributed by atoms with Gasteiger partial charge in [0.1, 0.15) is 0 Å². The van der Waals surface area contributed by atoms with Crippen molar-refractivity contribution >= 4 is 0 Å². The third-order valence-corrected chi connectivity index (χ3v) is 2.77. The minimum atomic E-state index is -0.387. The van der Waals surface area contributed by atoms with Crippen molar-refractivity contribution < 1.29 is 9.84 Å². The first-order valence-corrected chi connectivity index (χ1v) is 5.97. The highest BCUT2D eigenvalue weighted by Gasteiger charge is 2.34. The van der Waals surface area contributed by atoms with Crippen LogP contribution in [-0.4, -0.2) is 36.0 Å². The second-order valence-electron chi connectivity index (χ2n) is 5.50. The van der Waals surface area contributed by atoms with Crippen LogP contribution in [0.5, 0.6) is 0 Å². The summed E-state index contributed by atoms with van der Waals surface area (Å²) in [5, 5.41) is 13.0. The molecule has 0 bridgehead atoms. The van der Waals surface area contributed by atoms with Crippen molar-refractivity contribution in [2.75, 3.05) is 13.2 Å². The van der Waals surface area contributed by atoms with Gasteiger partial charge >= 0.3 is 0 Å². The summed E-state index contributed by atoms with van der Waals surface area (Å²) >= 11 is 0. The zero-order chi connectivity index (χ0) is 11.5. The molecule has 0 saturated heterocycles. The third-order valence-electron chi connectivity index (χ3n) is 2.77. The molecule has 0 radical (unpaired) electrons. The van der Waals surface area contributed by atoms with E-state index >= 15 is 0 Å². The van der Waals surface area contributed by atoms with Crippen molar-refractivity contribution in [3.05, 3.63) is 0 Å². The smallest absolute Gasteiger partial charge is 0.0898 e. The Bertz CT molecular complexity index is 189. The number of ether oxygens (including phenoxy) is 1. The highest BCUT2D eigenvalue weighted by molar-refractivity contribution is 4.92. The van der Waals surface area contributed by atoms with Gasteiger partial charge in [0.25, 0.3) is 0 Å². The SMILES string of the molecule is CCC1CC1NCC(O)COC(C)(C)C. The summed E-state index contributed by atoms with van der Waals surface area (Å²) in [6.45, 7) is 9.28. The predicted octanol–water partition coefficient (Wildman–Crippen LogP) is 1.55. The molecule has 3 atom stereocenters. The lowest BCUT2D eigenvalue weighted by Gasteiger charge is -2.22. The molecule has 1 aliphatic rings. The average molecular weight is 215 g/mol. The molecule has 0 heterocycles. The van der Waals surface area contributed by atoms with Crippen LogP contribution in [0.4, 0.5) is 0 Å². The summed E-state index contributed by atoms with van der Waals surface area (Å²) in [6, 6.07) is 0.638. The average Bonchev–Trinajstić information content (AvgIpc) is 2.89. The van der Waals surface area contributed by atoms with Gasteiger partial charge in [-0.25, -0.2) is 0 Å². The van der Waals surface area contributed by atoms with Crippen LogP contribution in [-0.2, 0) is 4.74 Å². The van der Waals surface area contributed by atoms with Gasteiger partial charge in [0.05, 0.1) is 18.3 Å². The summed E-state index contributed by atoms with van der Waals surface area (Å²) in [5.74, 6) is 0.834. The number of rotatable bonds is 6. The van der Waals surface area contributed by atoms with Gasteiger partial charge in [-0.1, -0.05) is 13.3 Å². The maximum absolute atomic E-state index is 9.66. The van der Waals surface area contributed by atoms with Crippen LogP contribution in [0.1, 0.15) is 40.5 Å². The molecule has 1 fully saturated rings. The largest absolute Gasteiger partial charge is 0.389 e. The molecule has 2 N–H and O–H groups in total. The van der Waals surface area contributed by atoms with Gasteiger partial charge in [-0.3, -0.25) is 0 Å². The van der Waals surface area contributed by atoms with Crippen LogP contribution in [0.25, 0.3) is 0 Å². The summed E-state index contributed by atoms with van der Waals surface area (Å²) in [7, 11) is 0. The van der Waals surface area contributed by atoms with Crippen molar-refractivity contribution in [3.63, 3.8) is 0 Å². The summed E-state index contributed by atoms with van der Waals surface area (Å²) in [6.07, 6.45) is 2.12. The van der Waals surface area contributed by atoms with E-state index in [1.54, 1.807) is 0 Å². The highest BCUT2D eigenvalue weighted by Crippen LogP contribution is 2.32. The topological polar surface area (TPSA) is 41.5 Å². The van der Waals surface area contributed by atoms with Gasteiger partial charge in [-0.15, -0.1) is 0 Å². The second-order valence-corrected chi connectivity index (χ2v) is 5.50. The Hall–Kier alpha value is -0.120. The molecular formula is C12H25NO2. The Balaban J connectivity index is 2.02. The number of aliphatic hydroxyl groups excluding tert-OH is 1. The number of hydrogen-bond donors (Lipinski definition) is 2. The molecule has 0 aromatic carbocycles. The maximum Gasteiger partial charge on any atom is 0.0898 e. The first-order chi connectivity index (χ1) is 6.92.